The van der Waals surface area contributed by atoms with Gasteiger partial charge in [0.05, 0.1) is 0 Å². The largest absolute Gasteiger partial charge is 0.444 e. The highest BCUT2D eigenvalue weighted by Crippen LogP contribution is 2.28. The second kappa shape index (κ2) is 8.25. The van der Waals surface area contributed by atoms with E-state index in [0.717, 1.165) is 18.3 Å². The Kier molecular flexibility index (Phi) is 6.97. The Morgan fingerprint density at radius 1 is 1.36 bits per heavy atom. The summed E-state index contributed by atoms with van der Waals surface area (Å²) in [5.41, 5.74) is -0.462. The summed E-state index contributed by atoms with van der Waals surface area (Å²) >= 11 is 0. The third-order valence-electron chi connectivity index (χ3n) is 3.47. The van der Waals surface area contributed by atoms with Crippen LogP contribution in [0, 0.1) is 5.92 Å². The molecule has 22 heavy (non-hydrogen) atoms. The van der Waals surface area contributed by atoms with Gasteiger partial charge >= 0.3 is 6.09 Å². The second-order valence-corrected chi connectivity index (χ2v) is 6.93. The lowest BCUT2D eigenvalue weighted by atomic mass is 10.2. The summed E-state index contributed by atoms with van der Waals surface area (Å²) in [4.78, 5) is 18.1. The lowest BCUT2D eigenvalue weighted by molar-refractivity contribution is 0.0253. The van der Waals surface area contributed by atoms with Crippen LogP contribution in [0.2, 0.25) is 0 Å². The predicted octanol–water partition coefficient (Wildman–Crippen LogP) is 2.21. The molecule has 0 bridgehead atoms. The molecule has 2 unspecified atom stereocenters. The number of hydrogen-bond donors (Lipinski definition) is 2. The maximum absolute atomic E-state index is 12.2. The van der Waals surface area contributed by atoms with Gasteiger partial charge in [-0.15, -0.1) is 0 Å². The number of aliphatic imine (C=N–C) groups is 1. The number of carbonyl (C=O) groups excluding carboxylic acids is 1. The Morgan fingerprint density at radius 3 is 2.45 bits per heavy atom. The van der Waals surface area contributed by atoms with Crippen LogP contribution in [-0.2, 0) is 4.74 Å². The van der Waals surface area contributed by atoms with Gasteiger partial charge in [0, 0.05) is 32.7 Å². The molecule has 1 aliphatic carbocycles. The zero-order valence-electron chi connectivity index (χ0n) is 14.9. The molecule has 0 aromatic rings. The molecule has 128 valence electrons. The van der Waals surface area contributed by atoms with E-state index < -0.39 is 5.60 Å². The van der Waals surface area contributed by atoms with Gasteiger partial charge in [-0.3, -0.25) is 4.99 Å². The zero-order valence-corrected chi connectivity index (χ0v) is 14.9. The molecule has 0 spiro atoms. The van der Waals surface area contributed by atoms with Crippen molar-refractivity contribution in [2.75, 3.05) is 26.7 Å². The van der Waals surface area contributed by atoms with Crippen LogP contribution in [-0.4, -0.2) is 55.3 Å². The van der Waals surface area contributed by atoms with Crippen molar-refractivity contribution in [1.29, 1.82) is 0 Å². The molecule has 1 saturated carbocycles. The van der Waals surface area contributed by atoms with Crippen LogP contribution in [0.5, 0.6) is 0 Å². The first-order chi connectivity index (χ1) is 10.3. The molecule has 2 N–H and O–H groups in total. The summed E-state index contributed by atoms with van der Waals surface area (Å²) in [6.45, 7) is 11.9. The molecule has 1 fully saturated rings. The minimum absolute atomic E-state index is 0.255. The van der Waals surface area contributed by atoms with Gasteiger partial charge < -0.3 is 20.3 Å². The molecular weight excluding hydrogens is 280 g/mol. The van der Waals surface area contributed by atoms with E-state index in [-0.39, 0.29) is 6.09 Å². The number of ether oxygens (including phenoxy) is 1. The molecule has 6 nitrogen and oxygen atoms in total. The number of amides is 1. The minimum atomic E-state index is -0.462. The van der Waals surface area contributed by atoms with E-state index in [4.69, 9.17) is 4.74 Å². The SMILES string of the molecule is CCCN(CCNC(=NC)NC1CC1C)C(=O)OC(C)(C)C. The van der Waals surface area contributed by atoms with Crippen molar-refractivity contribution in [2.45, 2.75) is 59.1 Å². The molecule has 0 aliphatic heterocycles. The van der Waals surface area contributed by atoms with Crippen LogP contribution >= 0.6 is 0 Å². The Labute approximate surface area is 134 Å². The third-order valence-corrected chi connectivity index (χ3v) is 3.47. The van der Waals surface area contributed by atoms with E-state index in [1.807, 2.05) is 20.8 Å². The van der Waals surface area contributed by atoms with Gasteiger partial charge in [0.2, 0.25) is 0 Å². The van der Waals surface area contributed by atoms with Crippen LogP contribution in [0.25, 0.3) is 0 Å². The van der Waals surface area contributed by atoms with Gasteiger partial charge in [0.25, 0.3) is 0 Å². The number of nitrogens with zero attached hydrogens (tertiary/aromatic N) is 2. The number of guanidine groups is 1. The highest BCUT2D eigenvalue weighted by atomic mass is 16.6. The third kappa shape index (κ3) is 7.00. The van der Waals surface area contributed by atoms with Gasteiger partial charge in [0.1, 0.15) is 5.60 Å². The number of rotatable bonds is 6. The van der Waals surface area contributed by atoms with Crippen molar-refractivity contribution in [3.8, 4) is 0 Å². The molecule has 0 aromatic heterocycles. The molecule has 1 rings (SSSR count). The predicted molar refractivity (Wildman–Crippen MR) is 90.2 cm³/mol. The Morgan fingerprint density at radius 2 is 2.00 bits per heavy atom. The number of hydrogen-bond acceptors (Lipinski definition) is 3. The van der Waals surface area contributed by atoms with Crippen LogP contribution in [0.1, 0.15) is 47.5 Å². The smallest absolute Gasteiger partial charge is 0.410 e. The molecule has 2 atom stereocenters. The Bertz CT molecular complexity index is 390. The van der Waals surface area contributed by atoms with Crippen molar-refractivity contribution in [2.24, 2.45) is 10.9 Å². The molecule has 1 amide bonds. The quantitative estimate of drug-likeness (QED) is 0.583. The van der Waals surface area contributed by atoms with E-state index in [2.05, 4.69) is 29.5 Å². The zero-order chi connectivity index (χ0) is 16.8. The van der Waals surface area contributed by atoms with Crippen molar-refractivity contribution in [3.63, 3.8) is 0 Å². The van der Waals surface area contributed by atoms with Gasteiger partial charge in [-0.25, -0.2) is 4.79 Å². The maximum Gasteiger partial charge on any atom is 0.410 e. The summed E-state index contributed by atoms with van der Waals surface area (Å²) in [5, 5.41) is 6.63. The molecule has 6 heteroatoms. The average Bonchev–Trinajstić information content (AvgIpc) is 3.09. The van der Waals surface area contributed by atoms with Crippen molar-refractivity contribution in [3.05, 3.63) is 0 Å². The fraction of sp³-hybridized carbons (Fsp3) is 0.875. The first-order valence-electron chi connectivity index (χ1n) is 8.22. The average molecular weight is 312 g/mol. The van der Waals surface area contributed by atoms with Crippen LogP contribution < -0.4 is 10.6 Å². The van der Waals surface area contributed by atoms with Crippen LogP contribution in [0.15, 0.2) is 4.99 Å². The lowest BCUT2D eigenvalue weighted by Crippen LogP contribution is -2.45. The van der Waals surface area contributed by atoms with Crippen LogP contribution in [0.3, 0.4) is 0 Å². The van der Waals surface area contributed by atoms with E-state index in [0.29, 0.717) is 25.7 Å². The van der Waals surface area contributed by atoms with Crippen LogP contribution in [0.4, 0.5) is 4.79 Å². The van der Waals surface area contributed by atoms with Gasteiger partial charge in [-0.2, -0.15) is 0 Å². The standard InChI is InChI=1S/C16H32N4O2/c1-7-9-20(15(21)22-16(3,4)5)10-8-18-14(17-6)19-13-11-12(13)2/h12-13H,7-11H2,1-6H3,(H2,17,18,19). The molecule has 0 saturated heterocycles. The molecular formula is C16H32N4O2. The van der Waals surface area contributed by atoms with E-state index in [9.17, 15) is 4.79 Å². The molecule has 1 aliphatic rings. The van der Waals surface area contributed by atoms with Gasteiger partial charge in [-0.05, 0) is 39.5 Å². The number of nitrogens with one attached hydrogen (secondary N) is 2. The first kappa shape index (κ1) is 18.6. The summed E-state index contributed by atoms with van der Waals surface area (Å²) in [5.74, 6) is 1.52. The number of carbonyl (C=O) groups is 1. The Balaban J connectivity index is 2.38. The molecule has 0 aromatic carbocycles. The maximum atomic E-state index is 12.2. The van der Waals surface area contributed by atoms with E-state index in [1.54, 1.807) is 11.9 Å². The fourth-order valence-corrected chi connectivity index (χ4v) is 2.09. The normalized spacial score (nSPS) is 21.3. The van der Waals surface area contributed by atoms with Gasteiger partial charge in [0.15, 0.2) is 5.96 Å². The first-order valence-corrected chi connectivity index (χ1v) is 8.22. The lowest BCUT2D eigenvalue weighted by Gasteiger charge is -2.27. The second-order valence-electron chi connectivity index (χ2n) is 6.93. The molecule has 0 radical (unpaired) electrons. The van der Waals surface area contributed by atoms with E-state index in [1.165, 1.54) is 6.42 Å². The summed E-state index contributed by atoms with van der Waals surface area (Å²) in [6, 6.07) is 0.531. The van der Waals surface area contributed by atoms with Crippen molar-refractivity contribution in [1.82, 2.24) is 15.5 Å². The van der Waals surface area contributed by atoms with Gasteiger partial charge in [-0.1, -0.05) is 13.8 Å². The monoisotopic (exact) mass is 312 g/mol. The highest BCUT2D eigenvalue weighted by Gasteiger charge is 2.33. The molecule has 0 heterocycles. The summed E-state index contributed by atoms with van der Waals surface area (Å²) in [7, 11) is 1.76. The summed E-state index contributed by atoms with van der Waals surface area (Å²) < 4.78 is 5.44. The van der Waals surface area contributed by atoms with Crippen molar-refractivity contribution >= 4 is 12.1 Å². The topological polar surface area (TPSA) is 66.0 Å². The fourth-order valence-electron chi connectivity index (χ4n) is 2.09. The van der Waals surface area contributed by atoms with Crippen molar-refractivity contribution < 1.29 is 9.53 Å². The summed E-state index contributed by atoms with van der Waals surface area (Å²) in [6.07, 6.45) is 1.85. The highest BCUT2D eigenvalue weighted by molar-refractivity contribution is 5.80. The van der Waals surface area contributed by atoms with E-state index >= 15 is 0 Å². The Hall–Kier alpha value is -1.46. The minimum Gasteiger partial charge on any atom is -0.444 e.